The van der Waals surface area contributed by atoms with E-state index in [-0.39, 0.29) is 5.41 Å². The molecule has 94 valence electrons. The minimum Gasteiger partial charge on any atom is -0.481 e. The zero-order valence-corrected chi connectivity index (χ0v) is 11.2. The van der Waals surface area contributed by atoms with Crippen LogP contribution in [-0.2, 0) is 4.79 Å². The zero-order valence-electron chi connectivity index (χ0n) is 11.2. The number of hydrogen-bond acceptors (Lipinski definition) is 1. The molecule has 0 aliphatic heterocycles. The average Bonchev–Trinajstić information content (AvgIpc) is 2.24. The Kier molecular flexibility index (Phi) is 4.03. The molecular weight excluding hydrogens is 200 g/mol. The van der Waals surface area contributed by atoms with Crippen LogP contribution in [0.15, 0.2) is 0 Å². The molecule has 16 heavy (non-hydrogen) atoms. The van der Waals surface area contributed by atoms with Gasteiger partial charge in [-0.05, 0) is 42.4 Å². The van der Waals surface area contributed by atoms with E-state index in [9.17, 15) is 4.79 Å². The Morgan fingerprint density at radius 3 is 2.44 bits per heavy atom. The fourth-order valence-corrected chi connectivity index (χ4v) is 2.98. The predicted molar refractivity (Wildman–Crippen MR) is 66.4 cm³/mol. The smallest absolute Gasteiger partial charge is 0.303 e. The van der Waals surface area contributed by atoms with Crippen molar-refractivity contribution in [1.82, 2.24) is 0 Å². The first-order valence-corrected chi connectivity index (χ1v) is 6.45. The van der Waals surface area contributed by atoms with Crippen LogP contribution in [0.5, 0.6) is 0 Å². The van der Waals surface area contributed by atoms with Crippen LogP contribution >= 0.6 is 0 Å². The van der Waals surface area contributed by atoms with Gasteiger partial charge in [0.05, 0.1) is 6.42 Å². The monoisotopic (exact) mass is 226 g/mol. The molecule has 0 aromatic heterocycles. The summed E-state index contributed by atoms with van der Waals surface area (Å²) in [6, 6.07) is 0. The van der Waals surface area contributed by atoms with Crippen LogP contribution in [0.3, 0.4) is 0 Å². The van der Waals surface area contributed by atoms with Crippen molar-refractivity contribution in [3.63, 3.8) is 0 Å². The van der Waals surface area contributed by atoms with Crippen LogP contribution in [0.4, 0.5) is 0 Å². The van der Waals surface area contributed by atoms with E-state index in [4.69, 9.17) is 5.11 Å². The number of rotatable bonds is 2. The van der Waals surface area contributed by atoms with Gasteiger partial charge in [-0.25, -0.2) is 0 Å². The van der Waals surface area contributed by atoms with Gasteiger partial charge in [0.1, 0.15) is 0 Å². The summed E-state index contributed by atoms with van der Waals surface area (Å²) in [7, 11) is 0. The highest BCUT2D eigenvalue weighted by Gasteiger charge is 2.34. The van der Waals surface area contributed by atoms with Gasteiger partial charge in [-0.3, -0.25) is 4.79 Å². The van der Waals surface area contributed by atoms with Crippen LogP contribution in [-0.4, -0.2) is 11.1 Å². The van der Waals surface area contributed by atoms with E-state index in [2.05, 4.69) is 27.7 Å². The number of aliphatic carboxylic acids is 1. The maximum atomic E-state index is 10.9. The Balaban J connectivity index is 2.61. The van der Waals surface area contributed by atoms with Gasteiger partial charge in [0.25, 0.3) is 0 Å². The number of hydrogen-bond donors (Lipinski definition) is 1. The van der Waals surface area contributed by atoms with Crippen LogP contribution in [0.2, 0.25) is 0 Å². The van der Waals surface area contributed by atoms with Gasteiger partial charge < -0.3 is 5.11 Å². The Morgan fingerprint density at radius 2 is 1.94 bits per heavy atom. The second kappa shape index (κ2) is 4.77. The summed E-state index contributed by atoms with van der Waals surface area (Å²) < 4.78 is 0. The lowest BCUT2D eigenvalue weighted by molar-refractivity contribution is -0.139. The largest absolute Gasteiger partial charge is 0.481 e. The normalized spacial score (nSPS) is 32.1. The van der Waals surface area contributed by atoms with Crippen LogP contribution in [0.25, 0.3) is 0 Å². The maximum absolute atomic E-state index is 10.9. The van der Waals surface area contributed by atoms with Crippen molar-refractivity contribution in [2.45, 2.75) is 66.2 Å². The van der Waals surface area contributed by atoms with Crippen molar-refractivity contribution in [2.75, 3.05) is 0 Å². The fraction of sp³-hybridized carbons (Fsp3) is 0.929. The minimum atomic E-state index is -0.642. The molecule has 2 unspecified atom stereocenters. The Labute approximate surface area is 99.4 Å². The molecule has 0 radical (unpaired) electrons. The summed E-state index contributed by atoms with van der Waals surface area (Å²) >= 11 is 0. The lowest BCUT2D eigenvalue weighted by Crippen LogP contribution is -2.22. The number of carbonyl (C=O) groups is 1. The highest BCUT2D eigenvalue weighted by molar-refractivity contribution is 5.67. The van der Waals surface area contributed by atoms with Crippen molar-refractivity contribution < 1.29 is 9.90 Å². The van der Waals surface area contributed by atoms with E-state index in [0.717, 1.165) is 18.8 Å². The van der Waals surface area contributed by atoms with Gasteiger partial charge in [-0.2, -0.15) is 0 Å². The molecule has 2 heteroatoms. The molecule has 0 aromatic rings. The van der Waals surface area contributed by atoms with E-state index < -0.39 is 5.97 Å². The van der Waals surface area contributed by atoms with Gasteiger partial charge in [-0.1, -0.05) is 34.1 Å². The molecule has 0 bridgehead atoms. The fourth-order valence-electron chi connectivity index (χ4n) is 2.98. The molecule has 0 aromatic carbocycles. The molecule has 0 amide bonds. The molecule has 1 aliphatic carbocycles. The summed E-state index contributed by atoms with van der Waals surface area (Å²) in [5.41, 5.74) is 0.403. The van der Waals surface area contributed by atoms with Crippen molar-refractivity contribution in [2.24, 2.45) is 16.7 Å². The summed E-state index contributed by atoms with van der Waals surface area (Å²) in [6.07, 6.45) is 6.12. The van der Waals surface area contributed by atoms with Gasteiger partial charge in [-0.15, -0.1) is 0 Å². The average molecular weight is 226 g/mol. The quantitative estimate of drug-likeness (QED) is 0.720. The van der Waals surface area contributed by atoms with Gasteiger partial charge in [0, 0.05) is 0 Å². The molecule has 1 rings (SSSR count). The third-order valence-electron chi connectivity index (χ3n) is 4.23. The molecule has 1 saturated carbocycles. The first-order valence-electron chi connectivity index (χ1n) is 6.45. The van der Waals surface area contributed by atoms with E-state index >= 15 is 0 Å². The van der Waals surface area contributed by atoms with Crippen LogP contribution < -0.4 is 0 Å². The van der Waals surface area contributed by atoms with E-state index in [1.165, 1.54) is 19.3 Å². The molecule has 1 N–H and O–H groups in total. The summed E-state index contributed by atoms with van der Waals surface area (Å²) in [4.78, 5) is 10.9. The highest BCUT2D eigenvalue weighted by atomic mass is 16.4. The topological polar surface area (TPSA) is 37.3 Å². The molecular formula is C14H26O2. The standard InChI is InChI=1S/C14H26O2/c1-13(2,3)11-6-5-8-14(4,9-7-11)10-12(15)16/h11H,5-10H2,1-4H3,(H,15,16). The Morgan fingerprint density at radius 1 is 1.31 bits per heavy atom. The molecule has 0 spiro atoms. The zero-order chi connectivity index (χ0) is 12.4. The van der Waals surface area contributed by atoms with Gasteiger partial charge in [0.15, 0.2) is 0 Å². The lowest BCUT2D eigenvalue weighted by atomic mass is 9.75. The molecule has 1 aliphatic rings. The van der Waals surface area contributed by atoms with Crippen molar-refractivity contribution >= 4 is 5.97 Å². The first kappa shape index (κ1) is 13.5. The molecule has 2 atom stereocenters. The van der Waals surface area contributed by atoms with E-state index in [1.54, 1.807) is 0 Å². The van der Waals surface area contributed by atoms with Gasteiger partial charge in [0.2, 0.25) is 0 Å². The van der Waals surface area contributed by atoms with Crippen molar-refractivity contribution in [1.29, 1.82) is 0 Å². The number of carboxylic acids is 1. The van der Waals surface area contributed by atoms with Crippen molar-refractivity contribution in [3.05, 3.63) is 0 Å². The van der Waals surface area contributed by atoms with Crippen LogP contribution in [0.1, 0.15) is 66.2 Å². The lowest BCUT2D eigenvalue weighted by Gasteiger charge is -2.31. The summed E-state index contributed by atoms with van der Waals surface area (Å²) in [6.45, 7) is 9.05. The van der Waals surface area contributed by atoms with Crippen molar-refractivity contribution in [3.8, 4) is 0 Å². The number of carboxylic acid groups (broad SMARTS) is 1. The van der Waals surface area contributed by atoms with Crippen LogP contribution in [0, 0.1) is 16.7 Å². The summed E-state index contributed by atoms with van der Waals surface area (Å²) in [5.74, 6) is 0.111. The summed E-state index contributed by atoms with van der Waals surface area (Å²) in [5, 5.41) is 8.95. The first-order chi connectivity index (χ1) is 7.23. The minimum absolute atomic E-state index is 0.0336. The second-order valence-corrected chi connectivity index (χ2v) is 6.88. The second-order valence-electron chi connectivity index (χ2n) is 6.88. The van der Waals surface area contributed by atoms with E-state index in [0.29, 0.717) is 11.8 Å². The Bertz CT molecular complexity index is 252. The molecule has 2 nitrogen and oxygen atoms in total. The third-order valence-corrected chi connectivity index (χ3v) is 4.23. The molecule has 0 saturated heterocycles. The highest BCUT2D eigenvalue weighted by Crippen LogP contribution is 2.44. The third kappa shape index (κ3) is 3.80. The molecule has 0 heterocycles. The Hall–Kier alpha value is -0.530. The van der Waals surface area contributed by atoms with E-state index in [1.807, 2.05) is 0 Å². The molecule has 1 fully saturated rings. The predicted octanol–water partition coefficient (Wildman–Crippen LogP) is 4.09. The SMILES string of the molecule is CC1(CC(=O)O)CCCC(C(C)(C)C)CC1. The van der Waals surface area contributed by atoms with Gasteiger partial charge >= 0.3 is 5.97 Å². The maximum Gasteiger partial charge on any atom is 0.303 e.